The lowest BCUT2D eigenvalue weighted by Gasteiger charge is -2.31. The first-order chi connectivity index (χ1) is 27.6. The number of carbonyl (C=O) groups excluding carboxylic acids is 1. The van der Waals surface area contributed by atoms with E-state index in [1.54, 1.807) is 37.1 Å². The molecule has 7 heterocycles. The minimum Gasteiger partial charge on any atom is -0.339 e. The van der Waals surface area contributed by atoms with Crippen LogP contribution in [0.1, 0.15) is 73.3 Å². The molecule has 6 aromatic heterocycles. The second-order valence-corrected chi connectivity index (χ2v) is 16.8. The van der Waals surface area contributed by atoms with Crippen molar-refractivity contribution in [2.45, 2.75) is 87.4 Å². The number of nitrogens with zero attached hydrogens (tertiary/aromatic N) is 9. The summed E-state index contributed by atoms with van der Waals surface area (Å²) in [6, 6.07) is 11.5. The third kappa shape index (κ3) is 7.79. The molecule has 6 aromatic rings. The van der Waals surface area contributed by atoms with Gasteiger partial charge in [0, 0.05) is 104 Å². The summed E-state index contributed by atoms with van der Waals surface area (Å²) in [5, 5.41) is 15.2. The highest BCUT2D eigenvalue weighted by Crippen LogP contribution is 2.40. The molecule has 15 heteroatoms. The minimum atomic E-state index is -0.136. The SMILES string of the molecule is CCc1c(-c2cc(Nc3cc(C)n(CC)n3)c(=O)n(C)c2)ccnc1N1CCn2c(cc3c2CC(C)(C)C3)C1=O.CCn1nc(Nc2cc(Br)cn(C)c2=O)cc1C. The number of amides is 1. The van der Waals surface area contributed by atoms with Crippen LogP contribution in [0.3, 0.4) is 0 Å². The van der Waals surface area contributed by atoms with Crippen LogP contribution in [-0.2, 0) is 53.0 Å². The first-order valence-electron chi connectivity index (χ1n) is 19.8. The number of nitrogens with one attached hydrogen (secondary N) is 2. The van der Waals surface area contributed by atoms with Gasteiger partial charge in [-0.15, -0.1) is 0 Å². The van der Waals surface area contributed by atoms with E-state index in [1.807, 2.05) is 72.4 Å². The molecule has 304 valence electrons. The van der Waals surface area contributed by atoms with Gasteiger partial charge in [-0.25, -0.2) is 4.98 Å². The lowest BCUT2D eigenvalue weighted by atomic mass is 9.90. The molecule has 0 radical (unpaired) electrons. The van der Waals surface area contributed by atoms with Crippen molar-refractivity contribution in [3.63, 3.8) is 0 Å². The summed E-state index contributed by atoms with van der Waals surface area (Å²) in [5.74, 6) is 2.02. The van der Waals surface area contributed by atoms with Crippen molar-refractivity contribution in [1.29, 1.82) is 0 Å². The first-order valence-corrected chi connectivity index (χ1v) is 20.6. The van der Waals surface area contributed by atoms with E-state index in [-0.39, 0.29) is 22.4 Å². The first kappa shape index (κ1) is 40.5. The number of pyridine rings is 3. The van der Waals surface area contributed by atoms with Crippen LogP contribution in [0.5, 0.6) is 0 Å². The van der Waals surface area contributed by atoms with E-state index in [0.29, 0.717) is 41.8 Å². The van der Waals surface area contributed by atoms with Crippen molar-refractivity contribution in [3.8, 4) is 11.1 Å². The Morgan fingerprint density at radius 1 is 0.793 bits per heavy atom. The Balaban J connectivity index is 0.000000238. The molecule has 0 fully saturated rings. The molecule has 8 rings (SSSR count). The van der Waals surface area contributed by atoms with E-state index >= 15 is 0 Å². The smallest absolute Gasteiger partial charge is 0.276 e. The average molecular weight is 851 g/mol. The van der Waals surface area contributed by atoms with Crippen LogP contribution in [0, 0.1) is 19.3 Å². The van der Waals surface area contributed by atoms with Crippen molar-refractivity contribution in [2.75, 3.05) is 22.1 Å². The largest absolute Gasteiger partial charge is 0.339 e. The monoisotopic (exact) mass is 849 g/mol. The summed E-state index contributed by atoms with van der Waals surface area (Å²) in [7, 11) is 3.47. The molecule has 58 heavy (non-hydrogen) atoms. The fourth-order valence-corrected chi connectivity index (χ4v) is 8.75. The van der Waals surface area contributed by atoms with Gasteiger partial charge in [-0.05, 0) is 104 Å². The van der Waals surface area contributed by atoms with Crippen molar-refractivity contribution in [2.24, 2.45) is 19.5 Å². The Hall–Kier alpha value is -5.70. The van der Waals surface area contributed by atoms with Gasteiger partial charge in [0.25, 0.3) is 17.0 Å². The lowest BCUT2D eigenvalue weighted by molar-refractivity contribution is 0.0963. The fraction of sp³-hybridized carbons (Fsp3) is 0.395. The van der Waals surface area contributed by atoms with E-state index in [4.69, 9.17) is 4.98 Å². The molecule has 0 aromatic carbocycles. The predicted molar refractivity (Wildman–Crippen MR) is 233 cm³/mol. The zero-order valence-corrected chi connectivity index (χ0v) is 36.4. The quantitative estimate of drug-likeness (QED) is 0.155. The van der Waals surface area contributed by atoms with E-state index in [9.17, 15) is 14.4 Å². The molecular formula is C43H52BrN11O3. The third-order valence-electron chi connectivity index (χ3n) is 11.0. The Morgan fingerprint density at radius 2 is 1.40 bits per heavy atom. The Kier molecular flexibility index (Phi) is 11.1. The second-order valence-electron chi connectivity index (χ2n) is 15.9. The Morgan fingerprint density at radius 3 is 1.98 bits per heavy atom. The van der Waals surface area contributed by atoms with E-state index in [1.165, 1.54) is 15.8 Å². The molecule has 2 aliphatic rings. The van der Waals surface area contributed by atoms with Crippen molar-refractivity contribution >= 4 is 50.7 Å². The van der Waals surface area contributed by atoms with Crippen LogP contribution in [0.2, 0.25) is 0 Å². The van der Waals surface area contributed by atoms with Gasteiger partial charge in [-0.3, -0.25) is 28.6 Å². The Labute approximate surface area is 346 Å². The summed E-state index contributed by atoms with van der Waals surface area (Å²) < 4.78 is 9.95. The van der Waals surface area contributed by atoms with Crippen molar-refractivity contribution < 1.29 is 4.79 Å². The number of hydrogen-bond acceptors (Lipinski definition) is 8. The molecule has 1 aliphatic carbocycles. The number of anilines is 5. The van der Waals surface area contributed by atoms with Crippen LogP contribution in [0.4, 0.5) is 28.8 Å². The molecular weight excluding hydrogens is 798 g/mol. The predicted octanol–water partition coefficient (Wildman–Crippen LogP) is 7.28. The maximum absolute atomic E-state index is 13.8. The van der Waals surface area contributed by atoms with Gasteiger partial charge in [0.05, 0.1) is 0 Å². The van der Waals surface area contributed by atoms with Gasteiger partial charge >= 0.3 is 0 Å². The van der Waals surface area contributed by atoms with Crippen LogP contribution >= 0.6 is 15.9 Å². The Bertz CT molecular complexity index is 2660. The number of rotatable bonds is 9. The fourth-order valence-electron chi connectivity index (χ4n) is 8.21. The molecule has 1 amide bonds. The third-order valence-corrected chi connectivity index (χ3v) is 11.4. The average Bonchev–Trinajstić information content (AvgIpc) is 3.91. The van der Waals surface area contributed by atoms with Crippen LogP contribution in [-0.4, -0.2) is 50.7 Å². The summed E-state index contributed by atoms with van der Waals surface area (Å²) in [6.07, 6.45) is 8.04. The molecule has 0 unspecified atom stereocenters. The molecule has 1 aliphatic heterocycles. The normalized spacial score (nSPS) is 14.2. The van der Waals surface area contributed by atoms with Gasteiger partial charge < -0.3 is 24.3 Å². The van der Waals surface area contributed by atoms with Crippen LogP contribution < -0.4 is 26.7 Å². The zero-order chi connectivity index (χ0) is 41.6. The molecule has 0 saturated heterocycles. The zero-order valence-electron chi connectivity index (χ0n) is 34.8. The van der Waals surface area contributed by atoms with E-state index < -0.39 is 0 Å². The maximum atomic E-state index is 13.8. The topological polar surface area (TPSA) is 142 Å². The number of hydrogen-bond donors (Lipinski definition) is 2. The highest BCUT2D eigenvalue weighted by atomic mass is 79.9. The summed E-state index contributed by atoms with van der Waals surface area (Å²) in [5.41, 5.74) is 9.27. The molecule has 0 saturated carbocycles. The number of fused-ring (bicyclic) bond motifs is 3. The number of carbonyl (C=O) groups is 1. The highest BCUT2D eigenvalue weighted by molar-refractivity contribution is 9.10. The van der Waals surface area contributed by atoms with Gasteiger partial charge in [0.2, 0.25) is 0 Å². The molecule has 0 atom stereocenters. The van der Waals surface area contributed by atoms with Crippen LogP contribution in [0.15, 0.2) is 69.1 Å². The maximum Gasteiger partial charge on any atom is 0.276 e. The molecule has 0 bridgehead atoms. The van der Waals surface area contributed by atoms with Crippen LogP contribution in [0.25, 0.3) is 11.1 Å². The number of aryl methyl sites for hydroxylation is 6. The van der Waals surface area contributed by atoms with Gasteiger partial charge in [-0.1, -0.05) is 20.8 Å². The summed E-state index contributed by atoms with van der Waals surface area (Å²) in [6.45, 7) is 17.6. The van der Waals surface area contributed by atoms with Gasteiger partial charge in [-0.2, -0.15) is 10.2 Å². The highest BCUT2D eigenvalue weighted by Gasteiger charge is 2.37. The van der Waals surface area contributed by atoms with Crippen molar-refractivity contribution in [3.05, 3.63) is 114 Å². The molecule has 2 N–H and O–H groups in total. The van der Waals surface area contributed by atoms with Gasteiger partial charge in [0.15, 0.2) is 11.6 Å². The van der Waals surface area contributed by atoms with Crippen molar-refractivity contribution in [1.82, 2.24) is 38.2 Å². The number of aromatic nitrogens is 8. The second kappa shape index (κ2) is 15.9. The number of halogens is 1. The van der Waals surface area contributed by atoms with E-state index in [0.717, 1.165) is 70.7 Å². The molecule has 14 nitrogen and oxygen atoms in total. The lowest BCUT2D eigenvalue weighted by Crippen LogP contribution is -2.41. The minimum absolute atomic E-state index is 0.00232. The summed E-state index contributed by atoms with van der Waals surface area (Å²) in [4.78, 5) is 45.3. The van der Waals surface area contributed by atoms with Gasteiger partial charge in [0.1, 0.15) is 22.9 Å². The standard InChI is InChI=1S/C31H37N7O2.C12H15BrN4O/c1-7-22-23(21-14-24(29(39)35(6)18-21)33-27-13-19(3)38(8-2)34-27)9-10-32-28(22)37-12-11-36-25(30(37)40)15-20-16-31(4,5)17-26(20)36;1-4-17-8(2)5-11(15-17)14-10-6-9(13)7-16(3)12(10)18/h9-10,13-15,18H,7-8,11-12,16-17H2,1-6H3,(H,33,34);5-7H,4H2,1-3H3,(H,14,15). The van der Waals surface area contributed by atoms with E-state index in [2.05, 4.69) is 68.2 Å². The summed E-state index contributed by atoms with van der Waals surface area (Å²) >= 11 is 3.37. The molecule has 0 spiro atoms.